The molecule has 0 unspecified atom stereocenters. The molecule has 13 heteroatoms. The Kier molecular flexibility index (Phi) is 17.3. The van der Waals surface area contributed by atoms with E-state index in [1.54, 1.807) is 18.1 Å². The minimum Gasteiger partial charge on any atom is -0.497 e. The second kappa shape index (κ2) is 21.4. The van der Waals surface area contributed by atoms with Crippen LogP contribution in [-0.4, -0.2) is 88.7 Å². The Hall–Kier alpha value is -4.04. The topological polar surface area (TPSA) is 201 Å². The molecule has 4 rings (SSSR count). The molecule has 4 amide bonds. The van der Waals surface area contributed by atoms with E-state index in [9.17, 15) is 19.2 Å². The van der Waals surface area contributed by atoms with Crippen molar-refractivity contribution in [3.05, 3.63) is 65.7 Å². The largest absolute Gasteiger partial charge is 0.497 e. The van der Waals surface area contributed by atoms with Crippen LogP contribution in [0.25, 0.3) is 0 Å². The number of hydrogen-bond acceptors (Lipinski definition) is 9. The number of likely N-dealkylation sites (tertiary alicyclic amines) is 2. The number of hydrogen-bond donors (Lipinski definition) is 6. The van der Waals surface area contributed by atoms with Crippen molar-refractivity contribution in [3.63, 3.8) is 0 Å². The lowest BCUT2D eigenvalue weighted by molar-refractivity contribution is -0.138. The standard InChI is InChI=1S/C19H29N3O4.C19H29N3O3/c1-26-16-7-5-15(6-8-16)13-17(20)19(24)22-11-9-14(10-12-22)3-2-4-18(23)21-25;1-19(20,14-16-6-3-2-4-7-16)18(24)22-12-10-15(11-13-22)8-5-9-17(23)21-25/h5-8,14,17,25H,2-4,9-13,20H2,1H3,(H,21,23);2-4,6-7,15,25H,5,8-14,20H2,1H3,(H,21,23)/t17-;19-/m11/s1. The number of rotatable bonds is 15. The number of nitrogens with two attached hydrogens (primary N) is 2. The monoisotopic (exact) mass is 710 g/mol. The van der Waals surface area contributed by atoms with Crippen molar-refractivity contribution in [2.24, 2.45) is 23.3 Å². The molecular weight excluding hydrogens is 652 g/mol. The maximum atomic E-state index is 12.8. The summed E-state index contributed by atoms with van der Waals surface area (Å²) in [5, 5.41) is 17.0. The summed E-state index contributed by atoms with van der Waals surface area (Å²) in [5.41, 5.74) is 16.9. The van der Waals surface area contributed by atoms with E-state index in [4.69, 9.17) is 26.6 Å². The van der Waals surface area contributed by atoms with Gasteiger partial charge >= 0.3 is 0 Å². The normalized spacial score (nSPS) is 17.0. The van der Waals surface area contributed by atoms with Crippen molar-refractivity contribution < 1.29 is 34.3 Å². The lowest BCUT2D eigenvalue weighted by Crippen LogP contribution is -2.56. The van der Waals surface area contributed by atoms with E-state index in [1.807, 2.05) is 71.3 Å². The zero-order valence-electron chi connectivity index (χ0n) is 30.2. The summed E-state index contributed by atoms with van der Waals surface area (Å²) in [7, 11) is 1.62. The number of hydroxylamine groups is 2. The lowest BCUT2D eigenvalue weighted by atomic mass is 9.88. The van der Waals surface area contributed by atoms with E-state index >= 15 is 0 Å². The van der Waals surface area contributed by atoms with E-state index in [-0.39, 0.29) is 23.6 Å². The van der Waals surface area contributed by atoms with Crippen molar-refractivity contribution in [1.29, 1.82) is 0 Å². The van der Waals surface area contributed by atoms with Gasteiger partial charge in [0, 0.05) is 39.0 Å². The maximum absolute atomic E-state index is 12.8. The van der Waals surface area contributed by atoms with Gasteiger partial charge in [-0.1, -0.05) is 42.5 Å². The summed E-state index contributed by atoms with van der Waals surface area (Å²) >= 11 is 0. The zero-order valence-corrected chi connectivity index (χ0v) is 30.2. The van der Waals surface area contributed by atoms with Crippen molar-refractivity contribution in [3.8, 4) is 5.75 Å². The molecule has 2 heterocycles. The number of piperidine rings is 2. The second-order valence-electron chi connectivity index (χ2n) is 14.1. The zero-order chi connectivity index (χ0) is 37.2. The van der Waals surface area contributed by atoms with Gasteiger partial charge in [0.05, 0.1) is 18.7 Å². The Bertz CT molecular complexity index is 1360. The quantitative estimate of drug-likeness (QED) is 0.119. The van der Waals surface area contributed by atoms with Crippen LogP contribution in [0.3, 0.4) is 0 Å². The highest BCUT2D eigenvalue weighted by molar-refractivity contribution is 5.86. The molecule has 282 valence electrons. The van der Waals surface area contributed by atoms with E-state index in [1.165, 1.54) is 0 Å². The van der Waals surface area contributed by atoms with Crippen LogP contribution in [0.2, 0.25) is 0 Å². The highest BCUT2D eigenvalue weighted by atomic mass is 16.5. The molecular formula is C38H58N6O7. The minimum atomic E-state index is -0.895. The molecule has 2 fully saturated rings. The fraction of sp³-hybridized carbons (Fsp3) is 0.579. The van der Waals surface area contributed by atoms with Crippen molar-refractivity contribution in [2.75, 3.05) is 33.3 Å². The smallest absolute Gasteiger partial charge is 0.243 e. The lowest BCUT2D eigenvalue weighted by Gasteiger charge is -2.37. The number of methoxy groups -OCH3 is 1. The number of ether oxygens (including phenoxy) is 1. The number of nitrogens with one attached hydrogen (secondary N) is 2. The Balaban J connectivity index is 0.000000276. The Morgan fingerprint density at radius 3 is 1.76 bits per heavy atom. The van der Waals surface area contributed by atoms with Crippen LogP contribution in [0.4, 0.5) is 0 Å². The highest BCUT2D eigenvalue weighted by Gasteiger charge is 2.34. The third-order valence-corrected chi connectivity index (χ3v) is 9.94. The van der Waals surface area contributed by atoms with Crippen LogP contribution in [0.15, 0.2) is 54.6 Å². The Morgan fingerprint density at radius 1 is 0.804 bits per heavy atom. The summed E-state index contributed by atoms with van der Waals surface area (Å²) in [4.78, 5) is 51.1. The molecule has 2 aromatic rings. The van der Waals surface area contributed by atoms with Gasteiger partial charge < -0.3 is 26.0 Å². The van der Waals surface area contributed by atoms with Crippen molar-refractivity contribution in [1.82, 2.24) is 20.8 Å². The van der Waals surface area contributed by atoms with Crippen molar-refractivity contribution in [2.45, 2.75) is 95.6 Å². The second-order valence-corrected chi connectivity index (χ2v) is 14.1. The van der Waals surface area contributed by atoms with Crippen LogP contribution < -0.4 is 27.2 Å². The SMILES string of the molecule is COc1ccc(C[C@@H](N)C(=O)N2CCC(CCCC(=O)NO)CC2)cc1.C[C@@](N)(Cc1ccccc1)C(=O)N1CCC(CCCC(=O)NO)CC1. The van der Waals surface area contributed by atoms with E-state index < -0.39 is 11.6 Å². The number of carbonyl (C=O) groups excluding carboxylic acids is 4. The molecule has 0 aromatic heterocycles. The van der Waals surface area contributed by atoms with Gasteiger partial charge in [-0.05, 0) is 106 Å². The van der Waals surface area contributed by atoms with Crippen LogP contribution in [0.1, 0.15) is 82.3 Å². The summed E-state index contributed by atoms with van der Waals surface area (Å²) in [6.45, 7) is 4.68. The summed E-state index contributed by atoms with van der Waals surface area (Å²) in [6.07, 6.45) is 8.85. The fourth-order valence-corrected chi connectivity index (χ4v) is 6.88. The minimum absolute atomic E-state index is 0.000994. The molecule has 0 saturated carbocycles. The van der Waals surface area contributed by atoms with E-state index in [0.717, 1.165) is 81.3 Å². The van der Waals surface area contributed by atoms with Crippen LogP contribution >= 0.6 is 0 Å². The number of nitrogens with zero attached hydrogens (tertiary/aromatic N) is 2. The van der Waals surface area contributed by atoms with Crippen LogP contribution in [-0.2, 0) is 32.0 Å². The molecule has 0 spiro atoms. The molecule has 2 aliphatic rings. The van der Waals surface area contributed by atoms with Gasteiger partial charge in [-0.25, -0.2) is 11.0 Å². The van der Waals surface area contributed by atoms with E-state index in [2.05, 4.69) is 0 Å². The molecule has 2 atom stereocenters. The van der Waals surface area contributed by atoms with Gasteiger partial charge in [-0.15, -0.1) is 0 Å². The Labute approximate surface area is 302 Å². The first-order valence-electron chi connectivity index (χ1n) is 18.1. The first kappa shape index (κ1) is 41.4. The first-order chi connectivity index (χ1) is 24.4. The molecule has 0 radical (unpaired) electrons. The predicted molar refractivity (Wildman–Crippen MR) is 194 cm³/mol. The fourth-order valence-electron chi connectivity index (χ4n) is 6.88. The average molecular weight is 711 g/mol. The molecule has 13 nitrogen and oxygen atoms in total. The molecule has 8 N–H and O–H groups in total. The van der Waals surface area contributed by atoms with Crippen LogP contribution in [0, 0.1) is 11.8 Å². The van der Waals surface area contributed by atoms with E-state index in [0.29, 0.717) is 50.6 Å². The van der Waals surface area contributed by atoms with Crippen LogP contribution in [0.5, 0.6) is 5.75 Å². The molecule has 0 aliphatic carbocycles. The van der Waals surface area contributed by atoms with Gasteiger partial charge in [0.15, 0.2) is 0 Å². The molecule has 2 aliphatic heterocycles. The average Bonchev–Trinajstić information content (AvgIpc) is 3.15. The van der Waals surface area contributed by atoms with Gasteiger partial charge in [-0.3, -0.25) is 29.6 Å². The van der Waals surface area contributed by atoms with Gasteiger partial charge in [0.25, 0.3) is 0 Å². The molecule has 0 bridgehead atoms. The summed E-state index contributed by atoms with van der Waals surface area (Å²) in [6, 6.07) is 16.9. The maximum Gasteiger partial charge on any atom is 0.243 e. The third-order valence-electron chi connectivity index (χ3n) is 9.94. The van der Waals surface area contributed by atoms with Crippen molar-refractivity contribution >= 4 is 23.6 Å². The molecule has 2 aromatic carbocycles. The first-order valence-corrected chi connectivity index (χ1v) is 18.1. The Morgan fingerprint density at radius 2 is 1.29 bits per heavy atom. The van der Waals surface area contributed by atoms with Gasteiger partial charge in [0.1, 0.15) is 5.75 Å². The molecule has 2 saturated heterocycles. The highest BCUT2D eigenvalue weighted by Crippen LogP contribution is 2.26. The van der Waals surface area contributed by atoms with Gasteiger partial charge in [-0.2, -0.15) is 0 Å². The number of benzene rings is 2. The number of amides is 4. The summed E-state index contributed by atoms with van der Waals surface area (Å²) in [5.74, 6) is 1.15. The predicted octanol–water partition coefficient (Wildman–Crippen LogP) is 3.34. The van der Waals surface area contributed by atoms with Gasteiger partial charge in [0.2, 0.25) is 23.6 Å². The third kappa shape index (κ3) is 14.2. The number of carbonyl (C=O) groups is 4. The summed E-state index contributed by atoms with van der Waals surface area (Å²) < 4.78 is 5.13. The molecule has 51 heavy (non-hydrogen) atoms.